The van der Waals surface area contributed by atoms with Gasteiger partial charge >= 0.3 is 5.97 Å². The maximum Gasteiger partial charge on any atom is 0.325 e. The summed E-state index contributed by atoms with van der Waals surface area (Å²) in [7, 11) is 4.87. The van der Waals surface area contributed by atoms with E-state index in [1.165, 1.54) is 7.11 Å². The molecule has 0 aromatic heterocycles. The first-order valence-corrected chi connectivity index (χ1v) is 6.16. The van der Waals surface area contributed by atoms with Crippen LogP contribution in [0.3, 0.4) is 0 Å². The Balaban J connectivity index is 2.38. The van der Waals surface area contributed by atoms with Crippen molar-refractivity contribution in [2.24, 2.45) is 0 Å². The van der Waals surface area contributed by atoms with E-state index in [1.54, 1.807) is 19.0 Å². The van der Waals surface area contributed by atoms with E-state index in [1.807, 2.05) is 4.90 Å². The quantitative estimate of drug-likeness (QED) is 0.635. The molecule has 0 aromatic carbocycles. The van der Waals surface area contributed by atoms with Crippen LogP contribution in [0.4, 0.5) is 0 Å². The van der Waals surface area contributed by atoms with Gasteiger partial charge in [-0.1, -0.05) is 0 Å². The highest BCUT2D eigenvalue weighted by atomic mass is 16.5. The fourth-order valence-corrected chi connectivity index (χ4v) is 1.92. The van der Waals surface area contributed by atoms with Gasteiger partial charge in [-0.05, 0) is 13.0 Å². The zero-order valence-corrected chi connectivity index (χ0v) is 11.3. The normalized spacial score (nSPS) is 20.5. The van der Waals surface area contributed by atoms with Crippen LogP contribution in [0.1, 0.15) is 12.8 Å². The molecule has 1 aliphatic heterocycles. The minimum Gasteiger partial charge on any atom is -0.468 e. The molecule has 18 heavy (non-hydrogen) atoms. The number of hydrogen-bond acceptors (Lipinski definition) is 5. The molecule has 0 radical (unpaired) electrons. The summed E-state index contributed by atoms with van der Waals surface area (Å²) in [6, 6.07) is -0.335. The highest BCUT2D eigenvalue weighted by Gasteiger charge is 2.29. The second-order valence-corrected chi connectivity index (χ2v) is 4.54. The molecule has 1 saturated heterocycles. The number of hydrogen-bond donors (Lipinski definition) is 0. The van der Waals surface area contributed by atoms with E-state index in [-0.39, 0.29) is 17.9 Å². The van der Waals surface area contributed by atoms with Gasteiger partial charge in [0.25, 0.3) is 0 Å². The summed E-state index contributed by atoms with van der Waals surface area (Å²) in [6.45, 7) is 2.40. The van der Waals surface area contributed by atoms with Crippen molar-refractivity contribution in [1.82, 2.24) is 9.80 Å². The maximum atomic E-state index is 11.6. The molecular formula is C12H22N2O4. The van der Waals surface area contributed by atoms with Crippen molar-refractivity contribution in [3.05, 3.63) is 0 Å². The van der Waals surface area contributed by atoms with Crippen molar-refractivity contribution in [1.29, 1.82) is 0 Å². The SMILES string of the molecule is COC(=O)C1COCCN1CCCC(=O)N(C)C. The van der Waals surface area contributed by atoms with Gasteiger partial charge in [0.05, 0.1) is 20.3 Å². The van der Waals surface area contributed by atoms with Crippen molar-refractivity contribution < 1.29 is 19.1 Å². The third kappa shape index (κ3) is 4.27. The molecule has 0 bridgehead atoms. The molecule has 104 valence electrons. The molecule has 1 aliphatic rings. The molecule has 6 nitrogen and oxygen atoms in total. The number of amides is 1. The van der Waals surface area contributed by atoms with Crippen molar-refractivity contribution in [2.45, 2.75) is 18.9 Å². The van der Waals surface area contributed by atoms with E-state index in [2.05, 4.69) is 0 Å². The van der Waals surface area contributed by atoms with Gasteiger partial charge in [0.1, 0.15) is 6.04 Å². The molecule has 1 rings (SSSR count). The molecule has 1 heterocycles. The lowest BCUT2D eigenvalue weighted by molar-refractivity contribution is -0.153. The van der Waals surface area contributed by atoms with Crippen LogP contribution in [0, 0.1) is 0 Å². The Morgan fingerprint density at radius 1 is 1.44 bits per heavy atom. The Bertz CT molecular complexity index is 294. The number of nitrogens with zero attached hydrogens (tertiary/aromatic N) is 2. The van der Waals surface area contributed by atoms with Crippen LogP contribution in [0.15, 0.2) is 0 Å². The molecule has 0 aliphatic carbocycles. The highest BCUT2D eigenvalue weighted by Crippen LogP contribution is 2.10. The van der Waals surface area contributed by atoms with E-state index in [4.69, 9.17) is 9.47 Å². The Morgan fingerprint density at radius 2 is 2.17 bits per heavy atom. The fourth-order valence-electron chi connectivity index (χ4n) is 1.92. The lowest BCUT2D eigenvalue weighted by atomic mass is 10.2. The van der Waals surface area contributed by atoms with Crippen LogP contribution in [0.2, 0.25) is 0 Å². The third-order valence-electron chi connectivity index (χ3n) is 3.05. The molecule has 1 unspecified atom stereocenters. The number of morpholine rings is 1. The Labute approximate surface area is 108 Å². The van der Waals surface area contributed by atoms with Crippen molar-refractivity contribution in [2.75, 3.05) is 47.5 Å². The lowest BCUT2D eigenvalue weighted by Gasteiger charge is -2.33. The smallest absolute Gasteiger partial charge is 0.325 e. The van der Waals surface area contributed by atoms with Crippen LogP contribution in [-0.4, -0.2) is 75.2 Å². The zero-order valence-electron chi connectivity index (χ0n) is 11.3. The molecule has 6 heteroatoms. The predicted molar refractivity (Wildman–Crippen MR) is 66.1 cm³/mol. The Hall–Kier alpha value is -1.14. The number of ether oxygens (including phenoxy) is 2. The number of carbonyl (C=O) groups is 2. The van der Waals surface area contributed by atoms with Crippen LogP contribution >= 0.6 is 0 Å². The van der Waals surface area contributed by atoms with Gasteiger partial charge in [-0.2, -0.15) is 0 Å². The summed E-state index contributed by atoms with van der Waals surface area (Å²) in [5, 5.41) is 0. The number of carbonyl (C=O) groups excluding carboxylic acids is 2. The summed E-state index contributed by atoms with van der Waals surface area (Å²) in [5.41, 5.74) is 0. The number of rotatable bonds is 5. The largest absolute Gasteiger partial charge is 0.468 e. The summed E-state index contributed by atoms with van der Waals surface area (Å²) < 4.78 is 10.0. The molecular weight excluding hydrogens is 236 g/mol. The van der Waals surface area contributed by atoms with Gasteiger partial charge in [0.2, 0.25) is 5.91 Å². The van der Waals surface area contributed by atoms with E-state index >= 15 is 0 Å². The van der Waals surface area contributed by atoms with E-state index in [0.717, 1.165) is 6.42 Å². The average molecular weight is 258 g/mol. The van der Waals surface area contributed by atoms with Crippen LogP contribution < -0.4 is 0 Å². The third-order valence-corrected chi connectivity index (χ3v) is 3.05. The first-order valence-electron chi connectivity index (χ1n) is 6.16. The topological polar surface area (TPSA) is 59.1 Å². The molecule has 0 saturated carbocycles. The van der Waals surface area contributed by atoms with Gasteiger partial charge < -0.3 is 14.4 Å². The average Bonchev–Trinajstić information content (AvgIpc) is 2.38. The van der Waals surface area contributed by atoms with Crippen LogP contribution in [0.25, 0.3) is 0 Å². The number of esters is 1. The zero-order chi connectivity index (χ0) is 13.5. The molecule has 1 atom stereocenters. The summed E-state index contributed by atoms with van der Waals surface area (Å²) in [6.07, 6.45) is 1.24. The summed E-state index contributed by atoms with van der Waals surface area (Å²) in [4.78, 5) is 26.6. The monoisotopic (exact) mass is 258 g/mol. The van der Waals surface area contributed by atoms with Crippen LogP contribution in [-0.2, 0) is 19.1 Å². The predicted octanol–water partition coefficient (Wildman–Crippen LogP) is -0.271. The second-order valence-electron chi connectivity index (χ2n) is 4.54. The lowest BCUT2D eigenvalue weighted by Crippen LogP contribution is -2.50. The maximum absolute atomic E-state index is 11.6. The summed E-state index contributed by atoms with van der Waals surface area (Å²) >= 11 is 0. The highest BCUT2D eigenvalue weighted by molar-refractivity contribution is 5.76. The summed E-state index contributed by atoms with van der Waals surface area (Å²) in [5.74, 6) is -0.161. The first-order chi connectivity index (χ1) is 8.56. The van der Waals surface area contributed by atoms with Gasteiger partial charge in [0, 0.05) is 27.1 Å². The Kier molecular flexibility index (Phi) is 6.07. The van der Waals surface area contributed by atoms with E-state index < -0.39 is 0 Å². The Morgan fingerprint density at radius 3 is 2.78 bits per heavy atom. The molecule has 0 spiro atoms. The van der Waals surface area contributed by atoms with Crippen molar-refractivity contribution in [3.8, 4) is 0 Å². The molecule has 1 fully saturated rings. The van der Waals surface area contributed by atoms with Crippen LogP contribution in [0.5, 0.6) is 0 Å². The molecule has 0 N–H and O–H groups in total. The van der Waals surface area contributed by atoms with Gasteiger partial charge in [-0.3, -0.25) is 14.5 Å². The molecule has 0 aromatic rings. The fraction of sp³-hybridized carbons (Fsp3) is 0.833. The van der Waals surface area contributed by atoms with Gasteiger partial charge in [-0.15, -0.1) is 0 Å². The van der Waals surface area contributed by atoms with E-state index in [0.29, 0.717) is 32.7 Å². The van der Waals surface area contributed by atoms with E-state index in [9.17, 15) is 9.59 Å². The standard InChI is InChI=1S/C12H22N2O4/c1-13(2)11(15)5-4-6-14-7-8-18-9-10(14)12(16)17-3/h10H,4-9H2,1-3H3. The minimum atomic E-state index is -0.335. The van der Waals surface area contributed by atoms with Crippen molar-refractivity contribution >= 4 is 11.9 Å². The number of methoxy groups -OCH3 is 1. The molecule has 1 amide bonds. The van der Waals surface area contributed by atoms with Gasteiger partial charge in [-0.25, -0.2) is 0 Å². The van der Waals surface area contributed by atoms with Crippen molar-refractivity contribution in [3.63, 3.8) is 0 Å². The second kappa shape index (κ2) is 7.33. The minimum absolute atomic E-state index is 0.109. The first kappa shape index (κ1) is 14.9. The van der Waals surface area contributed by atoms with Gasteiger partial charge in [0.15, 0.2) is 0 Å².